The van der Waals surface area contributed by atoms with Crippen LogP contribution in [0.4, 0.5) is 5.69 Å². The number of hydrogen-bond donors (Lipinski definition) is 1. The molecule has 2 nitrogen and oxygen atoms in total. The molecule has 0 bridgehead atoms. The summed E-state index contributed by atoms with van der Waals surface area (Å²) in [6.45, 7) is 4.23. The lowest BCUT2D eigenvalue weighted by Crippen LogP contribution is -2.42. The van der Waals surface area contributed by atoms with Gasteiger partial charge < -0.3 is 10.6 Å². The maximum absolute atomic E-state index is 5.99. The molecule has 1 aliphatic rings. The predicted molar refractivity (Wildman–Crippen MR) is 68.3 cm³/mol. The van der Waals surface area contributed by atoms with Gasteiger partial charge in [-0.25, -0.2) is 0 Å². The van der Waals surface area contributed by atoms with Crippen molar-refractivity contribution < 1.29 is 0 Å². The Balaban J connectivity index is 2.20. The van der Waals surface area contributed by atoms with E-state index in [0.717, 1.165) is 24.0 Å². The van der Waals surface area contributed by atoms with E-state index in [1.807, 2.05) is 0 Å². The van der Waals surface area contributed by atoms with Gasteiger partial charge >= 0.3 is 0 Å². The summed E-state index contributed by atoms with van der Waals surface area (Å²) in [6, 6.07) is 6.86. The van der Waals surface area contributed by atoms with Gasteiger partial charge in [-0.1, -0.05) is 15.9 Å². The summed E-state index contributed by atoms with van der Waals surface area (Å²) in [5.74, 6) is 0. The maximum Gasteiger partial charge on any atom is 0.0380 e. The van der Waals surface area contributed by atoms with Crippen LogP contribution in [0.3, 0.4) is 0 Å². The second-order valence-electron chi connectivity index (χ2n) is 4.34. The number of nitrogens with zero attached hydrogens (tertiary/aromatic N) is 1. The lowest BCUT2D eigenvalue weighted by atomic mass is 10.1. The monoisotopic (exact) mass is 268 g/mol. The Kier molecular flexibility index (Phi) is 3.32. The fourth-order valence-electron chi connectivity index (χ4n) is 2.14. The molecule has 1 aromatic rings. The quantitative estimate of drug-likeness (QED) is 0.849. The van der Waals surface area contributed by atoms with E-state index in [-0.39, 0.29) is 0 Å². The first-order valence-corrected chi connectivity index (χ1v) is 6.22. The van der Waals surface area contributed by atoms with E-state index in [1.54, 1.807) is 0 Å². The van der Waals surface area contributed by atoms with Crippen LogP contribution < -0.4 is 10.6 Å². The van der Waals surface area contributed by atoms with Gasteiger partial charge in [-0.15, -0.1) is 0 Å². The summed E-state index contributed by atoms with van der Waals surface area (Å²) >= 11 is 3.54. The minimum Gasteiger partial charge on any atom is -0.370 e. The van der Waals surface area contributed by atoms with Crippen molar-refractivity contribution in [2.75, 3.05) is 18.0 Å². The van der Waals surface area contributed by atoms with Gasteiger partial charge in [0.1, 0.15) is 0 Å². The van der Waals surface area contributed by atoms with E-state index in [2.05, 4.69) is 46.0 Å². The van der Waals surface area contributed by atoms with Gasteiger partial charge in [0.25, 0.3) is 0 Å². The molecule has 1 aromatic carbocycles. The second kappa shape index (κ2) is 4.54. The number of halogens is 1. The number of benzene rings is 1. The zero-order valence-electron chi connectivity index (χ0n) is 9.04. The summed E-state index contributed by atoms with van der Waals surface area (Å²) in [7, 11) is 0. The third-order valence-corrected chi connectivity index (χ3v) is 3.31. The van der Waals surface area contributed by atoms with Crippen molar-refractivity contribution in [3.63, 3.8) is 0 Å². The molecule has 2 rings (SSSR count). The van der Waals surface area contributed by atoms with Gasteiger partial charge in [0, 0.05) is 29.3 Å². The third-order valence-electron chi connectivity index (χ3n) is 2.85. The molecule has 15 heavy (non-hydrogen) atoms. The molecule has 1 atom stereocenters. The second-order valence-corrected chi connectivity index (χ2v) is 5.25. The molecule has 3 heteroatoms. The summed E-state index contributed by atoms with van der Waals surface area (Å²) in [5.41, 5.74) is 8.56. The zero-order valence-corrected chi connectivity index (χ0v) is 10.6. The molecule has 82 valence electrons. The summed E-state index contributed by atoms with van der Waals surface area (Å²) < 4.78 is 1.15. The van der Waals surface area contributed by atoms with Crippen LogP contribution >= 0.6 is 15.9 Å². The van der Waals surface area contributed by atoms with E-state index >= 15 is 0 Å². The summed E-state index contributed by atoms with van der Waals surface area (Å²) in [6.07, 6.45) is 2.36. The van der Waals surface area contributed by atoms with Crippen molar-refractivity contribution in [1.29, 1.82) is 0 Å². The molecule has 0 saturated carbocycles. The van der Waals surface area contributed by atoms with Crippen molar-refractivity contribution in [2.24, 2.45) is 5.73 Å². The van der Waals surface area contributed by atoms with Crippen molar-refractivity contribution in [3.05, 3.63) is 28.2 Å². The lowest BCUT2D eigenvalue weighted by Gasteiger charge is -2.33. The smallest absolute Gasteiger partial charge is 0.0380 e. The highest BCUT2D eigenvalue weighted by Crippen LogP contribution is 2.24. The third kappa shape index (κ3) is 2.73. The summed E-state index contributed by atoms with van der Waals surface area (Å²) in [5, 5.41) is 0. The van der Waals surface area contributed by atoms with Crippen LogP contribution in [-0.2, 0) is 0 Å². The Morgan fingerprint density at radius 2 is 2.20 bits per heavy atom. The van der Waals surface area contributed by atoms with Crippen LogP contribution in [0, 0.1) is 6.92 Å². The molecule has 1 fully saturated rings. The van der Waals surface area contributed by atoms with E-state index in [1.165, 1.54) is 17.7 Å². The molecule has 1 heterocycles. The molecule has 0 aliphatic carbocycles. The molecule has 2 N–H and O–H groups in total. The van der Waals surface area contributed by atoms with Crippen LogP contribution in [0.1, 0.15) is 18.4 Å². The molecular formula is C12H17BrN2. The van der Waals surface area contributed by atoms with E-state index in [0.29, 0.717) is 6.04 Å². The first kappa shape index (κ1) is 11.0. The minimum absolute atomic E-state index is 0.332. The predicted octanol–water partition coefficient (Wildman–Crippen LogP) is 2.69. The molecule has 1 aliphatic heterocycles. The van der Waals surface area contributed by atoms with Crippen molar-refractivity contribution in [3.8, 4) is 0 Å². The number of anilines is 1. The van der Waals surface area contributed by atoms with Crippen LogP contribution in [-0.4, -0.2) is 19.1 Å². The van der Waals surface area contributed by atoms with Gasteiger partial charge in [-0.3, -0.25) is 0 Å². The average Bonchev–Trinajstić information content (AvgIpc) is 2.16. The molecule has 0 spiro atoms. The van der Waals surface area contributed by atoms with E-state index in [4.69, 9.17) is 5.73 Å². The topological polar surface area (TPSA) is 29.3 Å². The van der Waals surface area contributed by atoms with Crippen LogP contribution in [0.2, 0.25) is 0 Å². The van der Waals surface area contributed by atoms with Crippen molar-refractivity contribution in [2.45, 2.75) is 25.8 Å². The highest BCUT2D eigenvalue weighted by atomic mass is 79.9. The lowest BCUT2D eigenvalue weighted by molar-refractivity contribution is 0.506. The highest BCUT2D eigenvalue weighted by molar-refractivity contribution is 9.10. The number of piperidine rings is 1. The Morgan fingerprint density at radius 1 is 1.40 bits per heavy atom. The van der Waals surface area contributed by atoms with Gasteiger partial charge in [-0.2, -0.15) is 0 Å². The van der Waals surface area contributed by atoms with Crippen LogP contribution in [0.25, 0.3) is 0 Å². The molecular weight excluding hydrogens is 252 g/mol. The fraction of sp³-hybridized carbons (Fsp3) is 0.500. The number of hydrogen-bond acceptors (Lipinski definition) is 2. The number of aryl methyl sites for hydroxylation is 1. The number of rotatable bonds is 1. The van der Waals surface area contributed by atoms with Crippen LogP contribution in [0.15, 0.2) is 22.7 Å². The first-order valence-electron chi connectivity index (χ1n) is 5.43. The standard InChI is InChI=1S/C12H17BrN2/c1-9-5-10(13)7-12(6-9)15-4-2-3-11(14)8-15/h5-7,11H,2-4,8,14H2,1H3. The SMILES string of the molecule is Cc1cc(Br)cc(N2CCCC(N)C2)c1. The van der Waals surface area contributed by atoms with Crippen molar-refractivity contribution in [1.82, 2.24) is 0 Å². The normalized spacial score (nSPS) is 21.8. The van der Waals surface area contributed by atoms with Crippen molar-refractivity contribution >= 4 is 21.6 Å². The Morgan fingerprint density at radius 3 is 2.87 bits per heavy atom. The highest BCUT2D eigenvalue weighted by Gasteiger charge is 2.17. The minimum atomic E-state index is 0.332. The molecule has 0 aromatic heterocycles. The molecule has 0 amide bonds. The van der Waals surface area contributed by atoms with E-state index in [9.17, 15) is 0 Å². The van der Waals surface area contributed by atoms with Gasteiger partial charge in [0.2, 0.25) is 0 Å². The largest absolute Gasteiger partial charge is 0.370 e. The Labute approximate surface area is 99.6 Å². The Bertz CT molecular complexity index is 331. The van der Waals surface area contributed by atoms with Gasteiger partial charge in [-0.05, 0) is 43.5 Å². The van der Waals surface area contributed by atoms with Crippen LogP contribution in [0.5, 0.6) is 0 Å². The molecule has 0 radical (unpaired) electrons. The van der Waals surface area contributed by atoms with Gasteiger partial charge in [0.15, 0.2) is 0 Å². The fourth-order valence-corrected chi connectivity index (χ4v) is 2.74. The van der Waals surface area contributed by atoms with E-state index < -0.39 is 0 Å². The van der Waals surface area contributed by atoms with Gasteiger partial charge in [0.05, 0.1) is 0 Å². The molecule has 1 saturated heterocycles. The average molecular weight is 269 g/mol. The molecule has 1 unspecified atom stereocenters. The summed E-state index contributed by atoms with van der Waals surface area (Å²) in [4.78, 5) is 2.38. The first-order chi connectivity index (χ1) is 7.15. The number of nitrogens with two attached hydrogens (primary N) is 1. The Hall–Kier alpha value is -0.540. The maximum atomic E-state index is 5.99. The zero-order chi connectivity index (χ0) is 10.8.